The van der Waals surface area contributed by atoms with E-state index in [1.807, 2.05) is 18.2 Å². The van der Waals surface area contributed by atoms with E-state index in [1.54, 1.807) is 0 Å². The molecular weight excluding hydrogens is 324 g/mol. The normalized spacial score (nSPS) is 12.0. The van der Waals surface area contributed by atoms with Crippen LogP contribution in [0.5, 0.6) is 0 Å². The minimum Gasteiger partial charge on any atom is -0.0984 e. The summed E-state index contributed by atoms with van der Waals surface area (Å²) in [5.74, 6) is 0. The van der Waals surface area contributed by atoms with Crippen LogP contribution in [-0.2, 0) is 0 Å². The highest BCUT2D eigenvalue weighted by Gasteiger charge is 2.08. The Balaban J connectivity index is 2.01. The summed E-state index contributed by atoms with van der Waals surface area (Å²) in [6, 6.07) is 30.0. The number of hydrogen-bond donors (Lipinski definition) is 0. The first kappa shape index (κ1) is 17.1. The molecule has 0 nitrogen and oxygen atoms in total. The molecule has 130 valence electrons. The summed E-state index contributed by atoms with van der Waals surface area (Å²) in [5, 5.41) is 4.67. The van der Waals surface area contributed by atoms with Gasteiger partial charge in [-0.3, -0.25) is 0 Å². The van der Waals surface area contributed by atoms with E-state index in [4.69, 9.17) is 0 Å². The molecule has 0 aliphatic rings. The molecule has 0 spiro atoms. The van der Waals surface area contributed by atoms with E-state index in [0.717, 1.165) is 16.0 Å². The Morgan fingerprint density at radius 3 is 2.37 bits per heavy atom. The summed E-state index contributed by atoms with van der Waals surface area (Å²) in [6.07, 6.45) is 1.94. The monoisotopic (exact) mass is 346 g/mol. The van der Waals surface area contributed by atoms with Gasteiger partial charge in [0.1, 0.15) is 0 Å². The topological polar surface area (TPSA) is 0 Å². The maximum atomic E-state index is 4.19. The van der Waals surface area contributed by atoms with Gasteiger partial charge >= 0.3 is 0 Å². The number of benzene rings is 4. The first-order valence-corrected chi connectivity index (χ1v) is 9.18. The van der Waals surface area contributed by atoms with Gasteiger partial charge in [0, 0.05) is 0 Å². The van der Waals surface area contributed by atoms with Gasteiger partial charge in [-0.1, -0.05) is 98.1 Å². The predicted octanol–water partition coefficient (Wildman–Crippen LogP) is 5.61. The van der Waals surface area contributed by atoms with E-state index in [9.17, 15) is 0 Å². The van der Waals surface area contributed by atoms with E-state index in [0.29, 0.717) is 0 Å². The summed E-state index contributed by atoms with van der Waals surface area (Å²) in [6.45, 7) is 10.4. The van der Waals surface area contributed by atoms with Gasteiger partial charge in [0.25, 0.3) is 0 Å². The Kier molecular flexibility index (Phi) is 4.48. The quantitative estimate of drug-likeness (QED) is 0.452. The SMILES string of the molecule is C=C/C(c1cc(C)cc(-c2cccc3ccccc23)c1)=c1/ccccc1=C. The van der Waals surface area contributed by atoms with Gasteiger partial charge in [-0.15, -0.1) is 0 Å². The van der Waals surface area contributed by atoms with Crippen LogP contribution in [0, 0.1) is 6.92 Å². The molecule has 0 unspecified atom stereocenters. The van der Waals surface area contributed by atoms with Crippen LogP contribution in [0.15, 0.2) is 97.6 Å². The van der Waals surface area contributed by atoms with Crippen LogP contribution in [-0.4, -0.2) is 0 Å². The van der Waals surface area contributed by atoms with Crippen LogP contribution in [0.4, 0.5) is 0 Å². The third-order valence-electron chi connectivity index (χ3n) is 5.00. The molecule has 0 heterocycles. The van der Waals surface area contributed by atoms with Crippen LogP contribution < -0.4 is 10.4 Å². The minimum atomic E-state index is 1.01. The van der Waals surface area contributed by atoms with Crippen molar-refractivity contribution in [3.63, 3.8) is 0 Å². The molecule has 4 aromatic carbocycles. The van der Waals surface area contributed by atoms with Crippen LogP contribution in [0.3, 0.4) is 0 Å². The third-order valence-corrected chi connectivity index (χ3v) is 5.00. The first-order valence-electron chi connectivity index (χ1n) is 9.18. The highest BCUT2D eigenvalue weighted by Crippen LogP contribution is 2.31. The molecule has 4 aromatic rings. The van der Waals surface area contributed by atoms with Crippen molar-refractivity contribution in [1.29, 1.82) is 0 Å². The highest BCUT2D eigenvalue weighted by molar-refractivity contribution is 5.97. The fraction of sp³-hybridized carbons (Fsp3) is 0.0370. The second-order valence-electron chi connectivity index (χ2n) is 6.89. The lowest BCUT2D eigenvalue weighted by atomic mass is 9.92. The Morgan fingerprint density at radius 1 is 0.815 bits per heavy atom. The van der Waals surface area contributed by atoms with Crippen molar-refractivity contribution in [1.82, 2.24) is 0 Å². The van der Waals surface area contributed by atoms with Crippen molar-refractivity contribution in [2.45, 2.75) is 6.92 Å². The Morgan fingerprint density at radius 2 is 1.56 bits per heavy atom. The largest absolute Gasteiger partial charge is 0.0984 e. The summed E-state index contributed by atoms with van der Waals surface area (Å²) in [5.41, 5.74) is 6.00. The van der Waals surface area contributed by atoms with Gasteiger partial charge in [-0.05, 0) is 62.0 Å². The first-order chi connectivity index (χ1) is 13.2. The predicted molar refractivity (Wildman–Crippen MR) is 118 cm³/mol. The second-order valence-corrected chi connectivity index (χ2v) is 6.89. The number of allylic oxidation sites excluding steroid dienone is 1. The Bertz CT molecular complexity index is 1250. The zero-order chi connectivity index (χ0) is 18.8. The number of aryl methyl sites for hydroxylation is 1. The minimum absolute atomic E-state index is 1.01. The molecule has 0 atom stereocenters. The standard InChI is InChI=1S/C27H22/c1-4-24(25-13-7-5-10-20(25)3)22-16-19(2)17-23(18-22)27-15-9-12-21-11-6-8-14-26(21)27/h4-18H,1,3H2,2H3/b25-24+. The highest BCUT2D eigenvalue weighted by atomic mass is 14.1. The summed E-state index contributed by atoms with van der Waals surface area (Å²) >= 11 is 0. The van der Waals surface area contributed by atoms with Crippen molar-refractivity contribution < 1.29 is 0 Å². The van der Waals surface area contributed by atoms with E-state index >= 15 is 0 Å². The molecule has 0 fully saturated rings. The molecule has 0 aliphatic carbocycles. The van der Waals surface area contributed by atoms with Crippen molar-refractivity contribution >= 4 is 22.9 Å². The smallest absolute Gasteiger partial charge is 0.0105 e. The molecule has 0 bridgehead atoms. The summed E-state index contributed by atoms with van der Waals surface area (Å²) in [7, 11) is 0. The van der Waals surface area contributed by atoms with Gasteiger partial charge in [-0.25, -0.2) is 0 Å². The van der Waals surface area contributed by atoms with E-state index < -0.39 is 0 Å². The molecule has 0 amide bonds. The van der Waals surface area contributed by atoms with Crippen LogP contribution in [0.1, 0.15) is 11.1 Å². The lowest BCUT2D eigenvalue weighted by Gasteiger charge is -2.12. The van der Waals surface area contributed by atoms with Crippen molar-refractivity contribution in [2.75, 3.05) is 0 Å². The van der Waals surface area contributed by atoms with Gasteiger partial charge < -0.3 is 0 Å². The molecular formula is C27H22. The summed E-state index contributed by atoms with van der Waals surface area (Å²) in [4.78, 5) is 0. The number of fused-ring (bicyclic) bond motifs is 1. The van der Waals surface area contributed by atoms with Gasteiger partial charge in [0.15, 0.2) is 0 Å². The van der Waals surface area contributed by atoms with Crippen LogP contribution in [0.25, 0.3) is 34.1 Å². The zero-order valence-electron chi connectivity index (χ0n) is 15.6. The molecule has 0 saturated heterocycles. The number of rotatable bonds is 3. The second kappa shape index (κ2) is 7.09. The molecule has 4 rings (SSSR count). The summed E-state index contributed by atoms with van der Waals surface area (Å²) < 4.78 is 0. The average Bonchev–Trinajstić information content (AvgIpc) is 2.69. The van der Waals surface area contributed by atoms with Crippen LogP contribution >= 0.6 is 0 Å². The fourth-order valence-electron chi connectivity index (χ4n) is 3.74. The van der Waals surface area contributed by atoms with Crippen LogP contribution in [0.2, 0.25) is 0 Å². The third kappa shape index (κ3) is 3.22. The van der Waals surface area contributed by atoms with Gasteiger partial charge in [-0.2, -0.15) is 0 Å². The van der Waals surface area contributed by atoms with E-state index in [1.165, 1.54) is 33.0 Å². The maximum Gasteiger partial charge on any atom is -0.0105 e. The van der Waals surface area contributed by atoms with Gasteiger partial charge in [0.05, 0.1) is 0 Å². The van der Waals surface area contributed by atoms with Gasteiger partial charge in [0.2, 0.25) is 0 Å². The molecule has 27 heavy (non-hydrogen) atoms. The molecule has 0 saturated carbocycles. The van der Waals surface area contributed by atoms with E-state index in [-0.39, 0.29) is 0 Å². The molecule has 0 aliphatic heterocycles. The zero-order valence-corrected chi connectivity index (χ0v) is 15.6. The van der Waals surface area contributed by atoms with Crippen molar-refractivity contribution in [3.05, 3.63) is 119 Å². The maximum absolute atomic E-state index is 4.19. The fourth-order valence-corrected chi connectivity index (χ4v) is 3.74. The molecule has 0 aromatic heterocycles. The molecule has 0 radical (unpaired) electrons. The number of hydrogen-bond acceptors (Lipinski definition) is 0. The lowest BCUT2D eigenvalue weighted by Crippen LogP contribution is -2.24. The Labute approximate surface area is 160 Å². The van der Waals surface area contributed by atoms with Crippen molar-refractivity contribution in [3.8, 4) is 11.1 Å². The average molecular weight is 346 g/mol. The lowest BCUT2D eigenvalue weighted by molar-refractivity contribution is 1.43. The Hall–Kier alpha value is -3.38. The molecule has 0 N–H and O–H groups in total. The van der Waals surface area contributed by atoms with Crippen molar-refractivity contribution in [2.24, 2.45) is 0 Å². The molecule has 0 heteroatoms. The van der Waals surface area contributed by atoms with E-state index in [2.05, 4.69) is 92.9 Å².